The molecule has 2 N–H and O–H groups in total. The lowest BCUT2D eigenvalue weighted by atomic mass is 9.88. The van der Waals surface area contributed by atoms with Gasteiger partial charge in [0, 0.05) is 58.3 Å². The minimum atomic E-state index is -2.70. The van der Waals surface area contributed by atoms with Crippen LogP contribution in [0, 0.1) is 0 Å². The quantitative estimate of drug-likeness (QED) is 0.446. The molecule has 0 radical (unpaired) electrons. The second-order valence-corrected chi connectivity index (χ2v) is 8.28. The number of aromatic nitrogens is 2. The number of carbonyl (C=O) groups excluding carboxylic acids is 1. The molecule has 8 heteroatoms. The van der Waals surface area contributed by atoms with Gasteiger partial charge in [-0.25, -0.2) is 18.7 Å². The van der Waals surface area contributed by atoms with Crippen molar-refractivity contribution in [2.75, 3.05) is 6.54 Å². The maximum Gasteiger partial charge on any atom is 0.253 e. The van der Waals surface area contributed by atoms with Gasteiger partial charge >= 0.3 is 0 Å². The van der Waals surface area contributed by atoms with E-state index >= 15 is 0 Å². The second-order valence-electron chi connectivity index (χ2n) is 8.28. The molecule has 6 nitrogen and oxygen atoms in total. The van der Waals surface area contributed by atoms with Gasteiger partial charge in [-0.2, -0.15) is 0 Å². The number of aliphatic imine (C=N–C) groups is 1. The second kappa shape index (κ2) is 9.67. The molecule has 0 bridgehead atoms. The van der Waals surface area contributed by atoms with Gasteiger partial charge in [0.25, 0.3) is 11.8 Å². The van der Waals surface area contributed by atoms with E-state index in [0.717, 1.165) is 33.7 Å². The largest absolute Gasteiger partial charge is 0.361 e. The van der Waals surface area contributed by atoms with Gasteiger partial charge in [-0.15, -0.1) is 0 Å². The number of halogens is 2. The lowest BCUT2D eigenvalue weighted by Gasteiger charge is -2.35. The van der Waals surface area contributed by atoms with Gasteiger partial charge in [0.2, 0.25) is 0 Å². The first kappa shape index (κ1) is 23.5. The Kier molecular flexibility index (Phi) is 6.68. The first-order chi connectivity index (χ1) is 16.4. The molecule has 2 heterocycles. The number of nitrogens with one attached hydrogen (secondary N) is 2. The minimum absolute atomic E-state index is 0. The van der Waals surface area contributed by atoms with Crippen LogP contribution < -0.4 is 10.6 Å². The van der Waals surface area contributed by atoms with Gasteiger partial charge in [0.1, 0.15) is 6.33 Å². The van der Waals surface area contributed by atoms with Crippen LogP contribution in [0.1, 0.15) is 46.5 Å². The Hall–Kier alpha value is -3.68. The van der Waals surface area contributed by atoms with Crippen LogP contribution in [0.25, 0.3) is 11.1 Å². The predicted octanol–water partition coefficient (Wildman–Crippen LogP) is 4.80. The average Bonchev–Trinajstić information content (AvgIpc) is 3.24. The van der Waals surface area contributed by atoms with Crippen molar-refractivity contribution in [3.63, 3.8) is 0 Å². The molecule has 0 atom stereocenters. The van der Waals surface area contributed by atoms with Crippen LogP contribution in [0.15, 0.2) is 71.3 Å². The molecule has 0 saturated heterocycles. The zero-order valence-corrected chi connectivity index (χ0v) is 19.2. The molecule has 180 valence electrons. The van der Waals surface area contributed by atoms with E-state index in [-0.39, 0.29) is 15.7 Å². The molecule has 0 aromatic carbocycles. The number of hydrogen-bond donors (Lipinski definition) is 2. The van der Waals surface area contributed by atoms with Crippen LogP contribution in [0.3, 0.4) is 0 Å². The van der Waals surface area contributed by atoms with Gasteiger partial charge in [-0.3, -0.25) is 9.79 Å². The van der Waals surface area contributed by atoms with Crippen molar-refractivity contribution in [3.05, 3.63) is 83.3 Å². The molecule has 1 amide bonds. The fraction of sp³-hybridized carbons (Fsp3) is 0.308. The number of dihydropyridines is 1. The molecule has 1 aromatic rings. The predicted molar refractivity (Wildman–Crippen MR) is 134 cm³/mol. The number of carbonyl (C=O) groups is 1. The van der Waals surface area contributed by atoms with Crippen LogP contribution in [0.2, 0.25) is 0 Å². The summed E-state index contributed by atoms with van der Waals surface area (Å²) in [5.74, 6) is -3.13. The van der Waals surface area contributed by atoms with E-state index in [4.69, 9.17) is 0 Å². The van der Waals surface area contributed by atoms with Crippen molar-refractivity contribution in [1.82, 2.24) is 20.6 Å². The summed E-state index contributed by atoms with van der Waals surface area (Å²) in [4.78, 5) is 26.1. The molecule has 3 aliphatic rings. The van der Waals surface area contributed by atoms with Gasteiger partial charge in [0.15, 0.2) is 0 Å². The summed E-state index contributed by atoms with van der Waals surface area (Å²) < 4.78 is 26.3. The third kappa shape index (κ3) is 4.66. The van der Waals surface area contributed by atoms with Gasteiger partial charge in [-0.05, 0) is 37.1 Å². The number of hydrogen-bond acceptors (Lipinski definition) is 5. The van der Waals surface area contributed by atoms with Gasteiger partial charge < -0.3 is 10.6 Å². The monoisotopic (exact) mass is 467 g/mol. The van der Waals surface area contributed by atoms with Crippen LogP contribution >= 0.6 is 0 Å². The maximum atomic E-state index is 13.2. The fourth-order valence-corrected chi connectivity index (χ4v) is 4.24. The van der Waals surface area contributed by atoms with E-state index in [1.54, 1.807) is 12.5 Å². The molecule has 0 spiro atoms. The highest BCUT2D eigenvalue weighted by Gasteiger charge is 2.46. The molecule has 34 heavy (non-hydrogen) atoms. The molecule has 0 unspecified atom stereocenters. The smallest absolute Gasteiger partial charge is 0.253 e. The van der Waals surface area contributed by atoms with Crippen molar-refractivity contribution in [1.29, 1.82) is 0 Å². The highest BCUT2D eigenvalue weighted by Crippen LogP contribution is 2.38. The lowest BCUT2D eigenvalue weighted by molar-refractivity contribution is -0.125. The number of fused-ring (bicyclic) bond motifs is 1. The minimum Gasteiger partial charge on any atom is -0.361 e. The van der Waals surface area contributed by atoms with Gasteiger partial charge in [-0.1, -0.05) is 24.8 Å². The van der Waals surface area contributed by atoms with E-state index in [2.05, 4.69) is 38.2 Å². The Morgan fingerprint density at radius 2 is 2.21 bits per heavy atom. The maximum absolute atomic E-state index is 13.2. The molecule has 2 aliphatic carbocycles. The Labute approximate surface area is 200 Å². The number of alkyl halides is 2. The highest BCUT2D eigenvalue weighted by atomic mass is 19.3. The van der Waals surface area contributed by atoms with Gasteiger partial charge in [0.05, 0.1) is 22.7 Å². The third-order valence-corrected chi connectivity index (χ3v) is 5.97. The van der Waals surface area contributed by atoms with Crippen LogP contribution in [0.4, 0.5) is 8.78 Å². The molecule has 1 fully saturated rings. The first-order valence-corrected chi connectivity index (χ1v) is 11.3. The van der Waals surface area contributed by atoms with E-state index in [1.165, 1.54) is 6.08 Å². The van der Waals surface area contributed by atoms with E-state index in [0.29, 0.717) is 24.2 Å². The topological polar surface area (TPSA) is 79.3 Å². The number of amides is 1. The van der Waals surface area contributed by atoms with E-state index in [9.17, 15) is 13.6 Å². The molecule has 1 aromatic heterocycles. The van der Waals surface area contributed by atoms with E-state index < -0.39 is 17.9 Å². The summed E-state index contributed by atoms with van der Waals surface area (Å²) in [6.07, 6.45) is 14.4. The zero-order chi connectivity index (χ0) is 24.3. The van der Waals surface area contributed by atoms with Crippen molar-refractivity contribution in [2.45, 2.75) is 45.1 Å². The van der Waals surface area contributed by atoms with E-state index in [1.807, 2.05) is 38.3 Å². The molecule has 1 saturated carbocycles. The molecular formula is C26H31F2N5O. The number of allylic oxidation sites excluding steroid dienone is 7. The van der Waals surface area contributed by atoms with Crippen LogP contribution in [-0.2, 0) is 11.2 Å². The Morgan fingerprint density at radius 1 is 1.41 bits per heavy atom. The standard InChI is InChI=1S/C26H27F2N5O.2H2/c1-4-16(14-29-6-3)24-23-20(7-8-21(23)31-15-32-24)17-9-10-30-22(11-17)19(5-2)25(34)33-18-12-26(27,28)13-18;;/h4-5,7,9-11,14-15,18,30H,2,6,8,12-13H2,1,3H3,(H,33,34);2*1H/b16-4+,22-19+,29-14?;;. The molecule has 1 aliphatic heterocycles. The summed E-state index contributed by atoms with van der Waals surface area (Å²) in [6.45, 7) is 8.35. The Balaban J connectivity index is 0.00000228. The van der Waals surface area contributed by atoms with Crippen molar-refractivity contribution in [3.8, 4) is 0 Å². The molecular weight excluding hydrogens is 436 g/mol. The van der Waals surface area contributed by atoms with Crippen molar-refractivity contribution >= 4 is 23.3 Å². The lowest BCUT2D eigenvalue weighted by Crippen LogP contribution is -2.50. The van der Waals surface area contributed by atoms with Crippen molar-refractivity contribution in [2.24, 2.45) is 4.99 Å². The highest BCUT2D eigenvalue weighted by molar-refractivity contribution is 6.11. The Bertz CT molecular complexity index is 1210. The molecule has 4 rings (SSSR count). The third-order valence-electron chi connectivity index (χ3n) is 5.97. The van der Waals surface area contributed by atoms with Crippen molar-refractivity contribution < 1.29 is 16.4 Å². The number of rotatable bonds is 7. The first-order valence-electron chi connectivity index (χ1n) is 11.3. The summed E-state index contributed by atoms with van der Waals surface area (Å²) >= 11 is 0. The summed E-state index contributed by atoms with van der Waals surface area (Å²) in [5, 5.41) is 5.76. The SMILES string of the molecule is C=C/C(C(=O)NC1CC(F)(F)C1)=C1/C=C(C2=CCc3ncnc(/C(C=NCC)=C/C)c32)C=CN1.[HH].[HH]. The average molecular weight is 468 g/mol. The summed E-state index contributed by atoms with van der Waals surface area (Å²) in [6, 6.07) is -0.534. The number of nitrogens with zero attached hydrogens (tertiary/aromatic N) is 3. The van der Waals surface area contributed by atoms with Crippen LogP contribution in [0.5, 0.6) is 0 Å². The van der Waals surface area contributed by atoms with Crippen LogP contribution in [-0.4, -0.2) is 40.6 Å². The zero-order valence-electron chi connectivity index (χ0n) is 19.2. The normalized spacial score (nSPS) is 20.8. The summed E-state index contributed by atoms with van der Waals surface area (Å²) in [5.41, 5.74) is 6.27. The fourth-order valence-electron chi connectivity index (χ4n) is 4.24. The summed E-state index contributed by atoms with van der Waals surface area (Å²) in [7, 11) is 0. The Morgan fingerprint density at radius 3 is 2.88 bits per heavy atom.